The Morgan fingerprint density at radius 3 is 1.87 bits per heavy atom. The van der Waals surface area contributed by atoms with Crippen LogP contribution in [0.1, 0.15) is 6.92 Å². The van der Waals surface area contributed by atoms with E-state index in [2.05, 4.69) is 17.9 Å². The minimum atomic E-state index is -0.935. The van der Waals surface area contributed by atoms with Crippen molar-refractivity contribution in [2.45, 2.75) is 6.92 Å². The zero-order chi connectivity index (χ0) is 12.4. The lowest BCUT2D eigenvalue weighted by molar-refractivity contribution is -0.143. The van der Waals surface area contributed by atoms with E-state index in [1.807, 2.05) is 0 Å². The molecule has 0 aromatic heterocycles. The highest BCUT2D eigenvalue weighted by molar-refractivity contribution is 5.85. The summed E-state index contributed by atoms with van der Waals surface area (Å²) in [5, 5.41) is 24.3. The predicted octanol–water partition coefficient (Wildman–Crippen LogP) is 0.241. The van der Waals surface area contributed by atoms with Gasteiger partial charge in [-0.1, -0.05) is 6.58 Å². The Hall–Kier alpha value is -1.82. The van der Waals surface area contributed by atoms with Gasteiger partial charge in [-0.25, -0.2) is 9.59 Å². The maximum absolute atomic E-state index is 10.2. The number of ether oxygens (including phenoxy) is 1. The van der Waals surface area contributed by atoms with Crippen molar-refractivity contribution >= 4 is 11.9 Å². The molecule has 6 heteroatoms. The largest absolute Gasteiger partial charge is 0.502 e. The van der Waals surface area contributed by atoms with Gasteiger partial charge in [0.15, 0.2) is 5.76 Å². The van der Waals surface area contributed by atoms with Crippen molar-refractivity contribution in [1.29, 1.82) is 0 Å². The van der Waals surface area contributed by atoms with E-state index in [0.717, 1.165) is 0 Å². The van der Waals surface area contributed by atoms with E-state index in [1.54, 1.807) is 0 Å². The molecule has 0 saturated heterocycles. The molecule has 0 aliphatic carbocycles. The Morgan fingerprint density at radius 1 is 1.27 bits per heavy atom. The summed E-state index contributed by atoms with van der Waals surface area (Å²) < 4.78 is 4.21. The molecule has 0 saturated carbocycles. The molecule has 0 atom stereocenters. The van der Waals surface area contributed by atoms with Crippen LogP contribution in [0.2, 0.25) is 0 Å². The lowest BCUT2D eigenvalue weighted by Crippen LogP contribution is -2.09. The van der Waals surface area contributed by atoms with Crippen molar-refractivity contribution in [3.05, 3.63) is 24.5 Å². The van der Waals surface area contributed by atoms with Crippen LogP contribution in [-0.4, -0.2) is 40.5 Å². The van der Waals surface area contributed by atoms with Crippen molar-refractivity contribution in [3.8, 4) is 0 Å². The maximum atomic E-state index is 10.2. The first kappa shape index (κ1) is 15.6. The molecule has 0 spiro atoms. The molecule has 0 unspecified atom stereocenters. The number of carbonyl (C=O) groups is 2. The zero-order valence-corrected chi connectivity index (χ0v) is 8.39. The van der Waals surface area contributed by atoms with Crippen molar-refractivity contribution in [2.75, 3.05) is 13.2 Å². The number of carbonyl (C=O) groups excluding carboxylic acids is 1. The number of esters is 1. The summed E-state index contributed by atoms with van der Waals surface area (Å²) in [4.78, 5) is 19.8. The van der Waals surface area contributed by atoms with Crippen molar-refractivity contribution in [3.63, 3.8) is 0 Å². The van der Waals surface area contributed by atoms with Gasteiger partial charge in [-0.15, -0.1) is 0 Å². The van der Waals surface area contributed by atoms with Crippen molar-refractivity contribution < 1.29 is 29.6 Å². The van der Waals surface area contributed by atoms with E-state index in [1.165, 1.54) is 6.92 Å². The Kier molecular flexibility index (Phi) is 9.14. The molecule has 3 N–H and O–H groups in total. The Bertz CT molecular complexity index is 243. The highest BCUT2D eigenvalue weighted by atomic mass is 16.6. The van der Waals surface area contributed by atoms with Gasteiger partial charge in [-0.3, -0.25) is 0 Å². The monoisotopic (exact) mass is 218 g/mol. The summed E-state index contributed by atoms with van der Waals surface area (Å²) in [6.45, 7) is 7.15. The number of aliphatic hydroxyl groups excluding tert-OH is 2. The first-order valence-electron chi connectivity index (χ1n) is 3.87. The predicted molar refractivity (Wildman–Crippen MR) is 52.3 cm³/mol. The lowest BCUT2D eigenvalue weighted by atomic mass is 10.4. The number of hydrogen-bond donors (Lipinski definition) is 3. The summed E-state index contributed by atoms with van der Waals surface area (Å²) in [6, 6.07) is 0. The number of hydrogen-bond acceptors (Lipinski definition) is 5. The van der Waals surface area contributed by atoms with Crippen LogP contribution in [0.5, 0.6) is 0 Å². The summed E-state index contributed by atoms with van der Waals surface area (Å²) in [5.74, 6) is -2.48. The number of rotatable bonds is 4. The first-order valence-corrected chi connectivity index (χ1v) is 3.87. The van der Waals surface area contributed by atoms with Gasteiger partial charge in [-0.05, 0) is 13.5 Å². The van der Waals surface area contributed by atoms with Crippen LogP contribution < -0.4 is 0 Å². The normalized spacial score (nSPS) is 8.13. The van der Waals surface area contributed by atoms with Crippen LogP contribution in [0.3, 0.4) is 0 Å². The van der Waals surface area contributed by atoms with Gasteiger partial charge < -0.3 is 20.1 Å². The summed E-state index contributed by atoms with van der Waals surface area (Å²) in [6.07, 6.45) is 0. The quantitative estimate of drug-likeness (QED) is 0.355. The first-order chi connectivity index (χ1) is 6.82. The van der Waals surface area contributed by atoms with Crippen LogP contribution in [-0.2, 0) is 14.3 Å². The average Bonchev–Trinajstić information content (AvgIpc) is 2.14. The fraction of sp³-hybridized carbons (Fsp3) is 0.333. The molecule has 0 aliphatic heterocycles. The van der Waals surface area contributed by atoms with Gasteiger partial charge in [0.05, 0.1) is 6.61 Å². The second-order valence-corrected chi connectivity index (χ2v) is 2.39. The molecule has 0 bridgehead atoms. The van der Waals surface area contributed by atoms with Gasteiger partial charge in [0.2, 0.25) is 0 Å². The number of carboxylic acid groups (broad SMARTS) is 1. The molecule has 0 rings (SSSR count). The maximum Gasteiger partial charge on any atom is 0.372 e. The third-order valence-electron chi connectivity index (χ3n) is 0.925. The summed E-state index contributed by atoms with van der Waals surface area (Å²) in [7, 11) is 0. The zero-order valence-electron chi connectivity index (χ0n) is 8.39. The second-order valence-electron chi connectivity index (χ2n) is 2.39. The van der Waals surface area contributed by atoms with E-state index in [4.69, 9.17) is 15.3 Å². The van der Waals surface area contributed by atoms with Gasteiger partial charge in [0.1, 0.15) is 6.61 Å². The number of aliphatic carboxylic acids is 1. The topological polar surface area (TPSA) is 104 Å². The minimum absolute atomic E-state index is 0.113. The third-order valence-corrected chi connectivity index (χ3v) is 0.925. The van der Waals surface area contributed by atoms with Crippen molar-refractivity contribution in [2.24, 2.45) is 0 Å². The molecule has 86 valence electrons. The molecule has 0 heterocycles. The molecule has 0 aliphatic rings. The van der Waals surface area contributed by atoms with E-state index < -0.39 is 17.7 Å². The lowest BCUT2D eigenvalue weighted by Gasteiger charge is -1.98. The second kappa shape index (κ2) is 8.76. The van der Waals surface area contributed by atoms with Crippen LogP contribution >= 0.6 is 0 Å². The molecule has 0 aromatic rings. The molecule has 0 fully saturated rings. The van der Waals surface area contributed by atoms with E-state index >= 15 is 0 Å². The Balaban J connectivity index is 0. The van der Waals surface area contributed by atoms with Crippen LogP contribution in [0.25, 0.3) is 0 Å². The highest BCUT2D eigenvalue weighted by Gasteiger charge is 2.03. The fourth-order valence-electron chi connectivity index (χ4n) is 0.222. The van der Waals surface area contributed by atoms with E-state index in [0.29, 0.717) is 0 Å². The minimum Gasteiger partial charge on any atom is -0.502 e. The Labute approximate surface area is 87.1 Å². The molecule has 0 aromatic carbocycles. The van der Waals surface area contributed by atoms with Gasteiger partial charge >= 0.3 is 11.9 Å². The standard InChI is InChI=1S/C5H8O4.C4H6O2/c1-4(7)5(8)9-3-2-6;1-3(2)4(5)6/h6-7H,1-3H2;1H2,2H3,(H,5,6). The smallest absolute Gasteiger partial charge is 0.372 e. The summed E-state index contributed by atoms with van der Waals surface area (Å²) >= 11 is 0. The SMILES string of the molecule is C=C(C)C(=O)O.C=C(O)C(=O)OCCO. The average molecular weight is 218 g/mol. The molecular formula is C9H14O6. The molecule has 0 radical (unpaired) electrons. The molecule has 15 heavy (non-hydrogen) atoms. The van der Waals surface area contributed by atoms with Crippen molar-refractivity contribution in [1.82, 2.24) is 0 Å². The fourth-order valence-corrected chi connectivity index (χ4v) is 0.222. The molecule has 0 amide bonds. The molecular weight excluding hydrogens is 204 g/mol. The van der Waals surface area contributed by atoms with E-state index in [9.17, 15) is 9.59 Å². The molecule has 6 nitrogen and oxygen atoms in total. The Morgan fingerprint density at radius 2 is 1.67 bits per heavy atom. The van der Waals surface area contributed by atoms with Crippen LogP contribution in [0.15, 0.2) is 24.5 Å². The van der Waals surface area contributed by atoms with Gasteiger partial charge in [0, 0.05) is 5.57 Å². The van der Waals surface area contributed by atoms with Gasteiger partial charge in [-0.2, -0.15) is 0 Å². The van der Waals surface area contributed by atoms with E-state index in [-0.39, 0.29) is 18.8 Å². The van der Waals surface area contributed by atoms with Crippen LogP contribution in [0, 0.1) is 0 Å². The van der Waals surface area contributed by atoms with Crippen LogP contribution in [0.4, 0.5) is 0 Å². The number of aliphatic hydroxyl groups is 2. The highest BCUT2D eigenvalue weighted by Crippen LogP contribution is 1.86. The van der Waals surface area contributed by atoms with Gasteiger partial charge in [0.25, 0.3) is 0 Å². The number of carboxylic acids is 1. The summed E-state index contributed by atoms with van der Waals surface area (Å²) in [5.41, 5.74) is 0.176. The third kappa shape index (κ3) is 12.2.